The lowest BCUT2D eigenvalue weighted by Crippen LogP contribution is -2.19. The van der Waals surface area contributed by atoms with Gasteiger partial charge in [-0.2, -0.15) is 0 Å². The van der Waals surface area contributed by atoms with Crippen molar-refractivity contribution in [3.8, 4) is 11.1 Å². The average molecular weight is 388 g/mol. The smallest absolute Gasteiger partial charge is 0.249 e. The van der Waals surface area contributed by atoms with Crippen LogP contribution in [0.15, 0.2) is 34.8 Å². The number of primary amides is 1. The van der Waals surface area contributed by atoms with E-state index in [1.165, 1.54) is 5.56 Å². The van der Waals surface area contributed by atoms with Gasteiger partial charge in [0.1, 0.15) is 6.10 Å². The number of hydrogen-bond acceptors (Lipinski definition) is 3. The quantitative estimate of drug-likeness (QED) is 0.723. The van der Waals surface area contributed by atoms with Crippen molar-refractivity contribution in [3.05, 3.63) is 57.1 Å². The van der Waals surface area contributed by atoms with Gasteiger partial charge in [0.05, 0.1) is 6.61 Å². The van der Waals surface area contributed by atoms with Crippen molar-refractivity contribution in [3.63, 3.8) is 0 Å². The zero-order chi connectivity index (χ0) is 17.1. The number of carbonyl (C=O) groups excluding carboxylic acids is 1. The van der Waals surface area contributed by atoms with Crippen molar-refractivity contribution >= 4 is 21.8 Å². The minimum atomic E-state index is -0.547. The first-order chi connectivity index (χ1) is 11.4. The SMILES string of the molecule is CC1(C)OCC(c2ccc3c(c2)Cc2c(C(N)=O)ccc(Br)c2-3)O1. The molecule has 0 saturated carbocycles. The summed E-state index contributed by atoms with van der Waals surface area (Å²) in [6.45, 7) is 4.40. The van der Waals surface area contributed by atoms with Crippen LogP contribution in [0.25, 0.3) is 11.1 Å². The molecule has 1 unspecified atom stereocenters. The van der Waals surface area contributed by atoms with Gasteiger partial charge in [0.15, 0.2) is 5.79 Å². The Morgan fingerprint density at radius 2 is 2.08 bits per heavy atom. The highest BCUT2D eigenvalue weighted by Gasteiger charge is 2.34. The normalized spacial score (nSPS) is 20.7. The second kappa shape index (κ2) is 5.41. The summed E-state index contributed by atoms with van der Waals surface area (Å²) in [7, 11) is 0. The van der Waals surface area contributed by atoms with Gasteiger partial charge in [-0.05, 0) is 54.7 Å². The molecule has 1 saturated heterocycles. The third kappa shape index (κ3) is 2.48. The summed E-state index contributed by atoms with van der Waals surface area (Å²) in [4.78, 5) is 11.7. The van der Waals surface area contributed by atoms with Gasteiger partial charge in [-0.3, -0.25) is 4.79 Å². The third-order valence-corrected chi connectivity index (χ3v) is 5.33. The molecule has 2 N–H and O–H groups in total. The Hall–Kier alpha value is -1.69. The van der Waals surface area contributed by atoms with Crippen molar-refractivity contribution in [1.29, 1.82) is 0 Å². The van der Waals surface area contributed by atoms with Gasteiger partial charge in [0.25, 0.3) is 0 Å². The molecular formula is C19H18BrNO3. The Morgan fingerprint density at radius 3 is 2.75 bits per heavy atom. The number of amides is 1. The number of rotatable bonds is 2. The molecule has 0 aromatic heterocycles. The fourth-order valence-corrected chi connectivity index (χ4v) is 4.16. The van der Waals surface area contributed by atoms with Crippen LogP contribution in [0, 0.1) is 0 Å². The van der Waals surface area contributed by atoms with E-state index < -0.39 is 5.79 Å². The minimum absolute atomic E-state index is 0.0620. The molecule has 1 aliphatic carbocycles. The maximum absolute atomic E-state index is 11.7. The van der Waals surface area contributed by atoms with Gasteiger partial charge in [0, 0.05) is 15.6 Å². The van der Waals surface area contributed by atoms with Crippen LogP contribution in [0.1, 0.15) is 47.0 Å². The molecule has 5 heteroatoms. The lowest BCUT2D eigenvalue weighted by Gasteiger charge is -2.17. The average Bonchev–Trinajstić information content (AvgIpc) is 3.07. The molecule has 4 nitrogen and oxygen atoms in total. The summed E-state index contributed by atoms with van der Waals surface area (Å²) in [5.74, 6) is -0.935. The highest BCUT2D eigenvalue weighted by molar-refractivity contribution is 9.10. The van der Waals surface area contributed by atoms with Gasteiger partial charge in [-0.25, -0.2) is 0 Å². The van der Waals surface area contributed by atoms with Crippen LogP contribution in [0.3, 0.4) is 0 Å². The van der Waals surface area contributed by atoms with Gasteiger partial charge < -0.3 is 15.2 Å². The Balaban J connectivity index is 1.76. The van der Waals surface area contributed by atoms with Crippen LogP contribution in [-0.2, 0) is 15.9 Å². The van der Waals surface area contributed by atoms with Crippen LogP contribution >= 0.6 is 15.9 Å². The number of carbonyl (C=O) groups is 1. The van der Waals surface area contributed by atoms with Crippen LogP contribution in [0.2, 0.25) is 0 Å². The van der Waals surface area contributed by atoms with E-state index in [-0.39, 0.29) is 12.0 Å². The van der Waals surface area contributed by atoms with Gasteiger partial charge >= 0.3 is 0 Å². The number of fused-ring (bicyclic) bond motifs is 3. The molecule has 24 heavy (non-hydrogen) atoms. The molecule has 1 amide bonds. The number of nitrogens with two attached hydrogens (primary N) is 1. The third-order valence-electron chi connectivity index (χ3n) is 4.67. The van der Waals surface area contributed by atoms with Crippen LogP contribution in [0.5, 0.6) is 0 Å². The lowest BCUT2D eigenvalue weighted by atomic mass is 10.00. The standard InChI is InChI=1S/C19H18BrNO3/c1-19(2)23-9-16(24-19)10-3-4-12-11(7-10)8-14-13(18(21)22)5-6-15(20)17(12)14/h3-7,16H,8-9H2,1-2H3,(H2,21,22). The lowest BCUT2D eigenvalue weighted by molar-refractivity contribution is -0.139. The van der Waals surface area contributed by atoms with E-state index in [0.717, 1.165) is 26.7 Å². The van der Waals surface area contributed by atoms with E-state index >= 15 is 0 Å². The van der Waals surface area contributed by atoms with E-state index in [9.17, 15) is 4.79 Å². The summed E-state index contributed by atoms with van der Waals surface area (Å²) in [5.41, 5.74) is 11.6. The first kappa shape index (κ1) is 15.8. The summed E-state index contributed by atoms with van der Waals surface area (Å²) >= 11 is 3.60. The molecule has 1 atom stereocenters. The highest BCUT2D eigenvalue weighted by atomic mass is 79.9. The molecule has 1 heterocycles. The molecule has 2 aromatic carbocycles. The molecule has 1 fully saturated rings. The Morgan fingerprint density at radius 1 is 1.29 bits per heavy atom. The van der Waals surface area contributed by atoms with Crippen molar-refractivity contribution in [1.82, 2.24) is 0 Å². The van der Waals surface area contributed by atoms with Crippen molar-refractivity contribution < 1.29 is 14.3 Å². The number of halogens is 1. The van der Waals surface area contributed by atoms with E-state index in [1.807, 2.05) is 19.9 Å². The van der Waals surface area contributed by atoms with Crippen LogP contribution in [-0.4, -0.2) is 18.3 Å². The second-order valence-corrected chi connectivity index (χ2v) is 7.58. The number of ether oxygens (including phenoxy) is 2. The molecule has 0 spiro atoms. The fourth-order valence-electron chi connectivity index (χ4n) is 3.57. The van der Waals surface area contributed by atoms with Gasteiger partial charge in [-0.1, -0.05) is 34.1 Å². The topological polar surface area (TPSA) is 61.5 Å². The predicted octanol–water partition coefficient (Wildman–Crippen LogP) is 3.94. The Bertz CT molecular complexity index is 860. The molecule has 0 bridgehead atoms. The first-order valence-corrected chi connectivity index (χ1v) is 8.71. The molecule has 1 aliphatic heterocycles. The molecule has 0 radical (unpaired) electrons. The second-order valence-electron chi connectivity index (χ2n) is 6.72. The van der Waals surface area contributed by atoms with E-state index in [1.54, 1.807) is 6.07 Å². The van der Waals surface area contributed by atoms with Crippen molar-refractivity contribution in [2.45, 2.75) is 32.2 Å². The van der Waals surface area contributed by atoms with Crippen molar-refractivity contribution in [2.24, 2.45) is 5.73 Å². The minimum Gasteiger partial charge on any atom is -0.366 e. The number of benzene rings is 2. The summed E-state index contributed by atoms with van der Waals surface area (Å²) in [6, 6.07) is 10.0. The summed E-state index contributed by atoms with van der Waals surface area (Å²) in [5, 5.41) is 0. The Labute approximate surface area is 149 Å². The molecule has 4 rings (SSSR count). The first-order valence-electron chi connectivity index (χ1n) is 7.92. The highest BCUT2D eigenvalue weighted by Crippen LogP contribution is 2.44. The van der Waals surface area contributed by atoms with E-state index in [4.69, 9.17) is 15.2 Å². The van der Waals surface area contributed by atoms with E-state index in [2.05, 4.69) is 34.1 Å². The molecular weight excluding hydrogens is 370 g/mol. The van der Waals surface area contributed by atoms with Crippen LogP contribution in [0.4, 0.5) is 0 Å². The van der Waals surface area contributed by atoms with Crippen LogP contribution < -0.4 is 5.73 Å². The fraction of sp³-hybridized carbons (Fsp3) is 0.316. The zero-order valence-corrected chi connectivity index (χ0v) is 15.1. The van der Waals surface area contributed by atoms with Gasteiger partial charge in [0.2, 0.25) is 5.91 Å². The monoisotopic (exact) mass is 387 g/mol. The van der Waals surface area contributed by atoms with Crippen molar-refractivity contribution in [2.75, 3.05) is 6.61 Å². The summed E-state index contributed by atoms with van der Waals surface area (Å²) < 4.78 is 12.6. The molecule has 2 aromatic rings. The predicted molar refractivity (Wildman–Crippen MR) is 94.8 cm³/mol. The largest absolute Gasteiger partial charge is 0.366 e. The maximum Gasteiger partial charge on any atom is 0.249 e. The molecule has 124 valence electrons. The maximum atomic E-state index is 11.7. The molecule has 2 aliphatic rings. The van der Waals surface area contributed by atoms with Gasteiger partial charge in [-0.15, -0.1) is 0 Å². The zero-order valence-electron chi connectivity index (χ0n) is 13.6. The number of hydrogen-bond donors (Lipinski definition) is 1. The van der Waals surface area contributed by atoms with E-state index in [0.29, 0.717) is 18.6 Å². The Kier molecular flexibility index (Phi) is 3.56. The summed E-state index contributed by atoms with van der Waals surface area (Å²) in [6.07, 6.45) is 0.640.